The summed E-state index contributed by atoms with van der Waals surface area (Å²) in [6, 6.07) is 0. The highest BCUT2D eigenvalue weighted by Crippen LogP contribution is 2.08. The molecular formula is C9H11ClN4O2. The molecule has 2 aromatic rings. The van der Waals surface area contributed by atoms with Crippen LogP contribution in [0.2, 0.25) is 0 Å². The van der Waals surface area contributed by atoms with Crippen molar-refractivity contribution in [2.24, 2.45) is 7.05 Å². The molecule has 0 radical (unpaired) electrons. The fraction of sp³-hybridized carbons (Fsp3) is 0.444. The third-order valence-electron chi connectivity index (χ3n) is 2.50. The van der Waals surface area contributed by atoms with Gasteiger partial charge >= 0.3 is 5.69 Å². The Bertz CT molecular complexity index is 652. The minimum Gasteiger partial charge on any atom is -0.313 e. The van der Waals surface area contributed by atoms with E-state index in [1.165, 1.54) is 7.05 Å². The number of nitrogens with one attached hydrogen (secondary N) is 1. The first-order chi connectivity index (χ1) is 7.56. The molecule has 16 heavy (non-hydrogen) atoms. The highest BCUT2D eigenvalue weighted by Gasteiger charge is 2.12. The SMILES string of the molecule is Cc1nc2c(=O)n(C)c(=O)[nH]c2n1CCCl. The van der Waals surface area contributed by atoms with Gasteiger partial charge in [0.2, 0.25) is 0 Å². The van der Waals surface area contributed by atoms with E-state index in [0.717, 1.165) is 4.57 Å². The number of aromatic nitrogens is 4. The number of nitrogens with zero attached hydrogens (tertiary/aromatic N) is 3. The molecule has 0 aromatic carbocycles. The largest absolute Gasteiger partial charge is 0.329 e. The summed E-state index contributed by atoms with van der Waals surface area (Å²) in [5, 5.41) is 0. The van der Waals surface area contributed by atoms with Gasteiger partial charge in [-0.15, -0.1) is 11.6 Å². The first kappa shape index (κ1) is 10.9. The van der Waals surface area contributed by atoms with E-state index in [9.17, 15) is 9.59 Å². The van der Waals surface area contributed by atoms with Crippen molar-refractivity contribution in [3.8, 4) is 0 Å². The zero-order valence-corrected chi connectivity index (χ0v) is 9.71. The van der Waals surface area contributed by atoms with Crippen molar-refractivity contribution in [1.29, 1.82) is 0 Å². The van der Waals surface area contributed by atoms with Gasteiger partial charge in [0.1, 0.15) is 11.5 Å². The molecule has 0 amide bonds. The summed E-state index contributed by atoms with van der Waals surface area (Å²) >= 11 is 5.65. The molecule has 6 nitrogen and oxygen atoms in total. The van der Waals surface area contributed by atoms with E-state index in [2.05, 4.69) is 9.97 Å². The molecule has 0 saturated carbocycles. The van der Waals surface area contributed by atoms with E-state index in [1.807, 2.05) is 0 Å². The molecule has 0 fully saturated rings. The molecule has 2 rings (SSSR count). The van der Waals surface area contributed by atoms with Gasteiger partial charge < -0.3 is 4.57 Å². The summed E-state index contributed by atoms with van der Waals surface area (Å²) in [6.45, 7) is 2.28. The Morgan fingerprint density at radius 1 is 1.44 bits per heavy atom. The van der Waals surface area contributed by atoms with Gasteiger partial charge in [0.25, 0.3) is 5.56 Å². The smallest absolute Gasteiger partial charge is 0.313 e. The Balaban J connectivity index is 2.91. The molecule has 86 valence electrons. The Labute approximate surface area is 95.5 Å². The van der Waals surface area contributed by atoms with Gasteiger partial charge in [-0.05, 0) is 6.92 Å². The monoisotopic (exact) mass is 242 g/mol. The zero-order chi connectivity index (χ0) is 11.9. The maximum atomic E-state index is 11.8. The van der Waals surface area contributed by atoms with E-state index >= 15 is 0 Å². The average molecular weight is 243 g/mol. The maximum absolute atomic E-state index is 11.8. The van der Waals surface area contributed by atoms with Crippen LogP contribution in [0, 0.1) is 6.92 Å². The number of aromatic amines is 1. The Morgan fingerprint density at radius 2 is 2.12 bits per heavy atom. The van der Waals surface area contributed by atoms with E-state index in [4.69, 9.17) is 11.6 Å². The number of alkyl halides is 1. The molecule has 0 bridgehead atoms. The van der Waals surface area contributed by atoms with Gasteiger partial charge in [-0.2, -0.15) is 0 Å². The van der Waals surface area contributed by atoms with Crippen LogP contribution in [0.1, 0.15) is 5.82 Å². The van der Waals surface area contributed by atoms with Gasteiger partial charge in [-0.25, -0.2) is 9.78 Å². The number of fused-ring (bicyclic) bond motifs is 1. The lowest BCUT2D eigenvalue weighted by Crippen LogP contribution is -2.32. The van der Waals surface area contributed by atoms with Gasteiger partial charge in [0.15, 0.2) is 5.52 Å². The topological polar surface area (TPSA) is 72.7 Å². The first-order valence-electron chi connectivity index (χ1n) is 4.78. The average Bonchev–Trinajstić information content (AvgIpc) is 2.55. The standard InChI is InChI=1S/C9H11ClN4O2/c1-5-11-6-7(14(5)4-3-10)12-9(16)13(2)8(6)15/h3-4H2,1-2H3,(H,12,16). The first-order valence-corrected chi connectivity index (χ1v) is 5.32. The Kier molecular flexibility index (Phi) is 2.59. The van der Waals surface area contributed by atoms with Crippen molar-refractivity contribution in [2.75, 3.05) is 5.88 Å². The molecular weight excluding hydrogens is 232 g/mol. The summed E-state index contributed by atoms with van der Waals surface area (Å²) < 4.78 is 2.73. The molecule has 0 spiro atoms. The number of hydrogen-bond acceptors (Lipinski definition) is 3. The molecule has 0 saturated heterocycles. The summed E-state index contributed by atoms with van der Waals surface area (Å²) in [4.78, 5) is 30.0. The lowest BCUT2D eigenvalue weighted by molar-refractivity contribution is 0.738. The van der Waals surface area contributed by atoms with Crippen LogP contribution in [0.25, 0.3) is 11.2 Å². The van der Waals surface area contributed by atoms with Gasteiger partial charge in [0, 0.05) is 19.5 Å². The van der Waals surface area contributed by atoms with Crippen molar-refractivity contribution in [1.82, 2.24) is 19.1 Å². The van der Waals surface area contributed by atoms with Crippen molar-refractivity contribution in [3.05, 3.63) is 26.7 Å². The number of halogens is 1. The Hall–Kier alpha value is -1.56. The molecule has 2 aromatic heterocycles. The van der Waals surface area contributed by atoms with Gasteiger partial charge in [0.05, 0.1) is 0 Å². The van der Waals surface area contributed by atoms with E-state index in [-0.39, 0.29) is 5.52 Å². The highest BCUT2D eigenvalue weighted by molar-refractivity contribution is 6.17. The van der Waals surface area contributed by atoms with Crippen molar-refractivity contribution in [2.45, 2.75) is 13.5 Å². The zero-order valence-electron chi connectivity index (χ0n) is 8.95. The predicted octanol–water partition coefficient (Wildman–Crippen LogP) is -0.0295. The van der Waals surface area contributed by atoms with Crippen LogP contribution >= 0.6 is 11.6 Å². The molecule has 0 unspecified atom stereocenters. The Morgan fingerprint density at radius 3 is 2.75 bits per heavy atom. The fourth-order valence-electron chi connectivity index (χ4n) is 1.63. The minimum atomic E-state index is -0.451. The molecule has 0 aliphatic rings. The number of rotatable bonds is 2. The molecule has 2 heterocycles. The summed E-state index contributed by atoms with van der Waals surface area (Å²) in [6.07, 6.45) is 0. The second-order valence-corrected chi connectivity index (χ2v) is 3.87. The van der Waals surface area contributed by atoms with Crippen LogP contribution in [-0.2, 0) is 13.6 Å². The highest BCUT2D eigenvalue weighted by atomic mass is 35.5. The normalized spacial score (nSPS) is 11.2. The molecule has 0 aliphatic heterocycles. The maximum Gasteiger partial charge on any atom is 0.329 e. The third-order valence-corrected chi connectivity index (χ3v) is 2.67. The number of hydrogen-bond donors (Lipinski definition) is 1. The molecule has 0 atom stereocenters. The van der Waals surface area contributed by atoms with Crippen LogP contribution < -0.4 is 11.2 Å². The second kappa shape index (κ2) is 3.79. The third kappa shape index (κ3) is 1.46. The minimum absolute atomic E-state index is 0.268. The van der Waals surface area contributed by atoms with Crippen LogP contribution in [0.3, 0.4) is 0 Å². The quantitative estimate of drug-likeness (QED) is 0.752. The summed E-state index contributed by atoms with van der Waals surface area (Å²) in [5.74, 6) is 1.05. The van der Waals surface area contributed by atoms with Crippen LogP contribution in [0.4, 0.5) is 0 Å². The number of aryl methyl sites for hydroxylation is 2. The van der Waals surface area contributed by atoms with E-state index in [1.54, 1.807) is 11.5 Å². The fourth-order valence-corrected chi connectivity index (χ4v) is 1.80. The van der Waals surface area contributed by atoms with E-state index < -0.39 is 11.2 Å². The summed E-state index contributed by atoms with van der Waals surface area (Å²) in [5.41, 5.74) is -0.139. The molecule has 1 N–H and O–H groups in total. The lowest BCUT2D eigenvalue weighted by Gasteiger charge is -2.02. The van der Waals surface area contributed by atoms with Crippen LogP contribution in [0.5, 0.6) is 0 Å². The molecule has 0 aliphatic carbocycles. The van der Waals surface area contributed by atoms with E-state index in [0.29, 0.717) is 23.9 Å². The molecule has 7 heteroatoms. The second-order valence-electron chi connectivity index (χ2n) is 3.49. The van der Waals surface area contributed by atoms with Crippen molar-refractivity contribution in [3.63, 3.8) is 0 Å². The number of H-pyrrole nitrogens is 1. The summed E-state index contributed by atoms with van der Waals surface area (Å²) in [7, 11) is 1.41. The number of imidazole rings is 1. The van der Waals surface area contributed by atoms with Crippen molar-refractivity contribution < 1.29 is 0 Å². The van der Waals surface area contributed by atoms with Gasteiger partial charge in [-0.3, -0.25) is 14.3 Å². The van der Waals surface area contributed by atoms with Crippen LogP contribution in [-0.4, -0.2) is 25.0 Å². The van der Waals surface area contributed by atoms with Crippen LogP contribution in [0.15, 0.2) is 9.59 Å². The van der Waals surface area contributed by atoms with Crippen molar-refractivity contribution >= 4 is 22.8 Å². The lowest BCUT2D eigenvalue weighted by atomic mass is 10.5. The predicted molar refractivity (Wildman–Crippen MR) is 61.1 cm³/mol. The van der Waals surface area contributed by atoms with Gasteiger partial charge in [-0.1, -0.05) is 0 Å².